The van der Waals surface area contributed by atoms with Crippen molar-refractivity contribution in [3.05, 3.63) is 0 Å². The molecule has 11 nitrogen and oxygen atoms in total. The summed E-state index contributed by atoms with van der Waals surface area (Å²) in [6.45, 7) is 8.91. The molecule has 29 heavy (non-hydrogen) atoms. The lowest BCUT2D eigenvalue weighted by molar-refractivity contribution is -0.0529. The van der Waals surface area contributed by atoms with Gasteiger partial charge in [0.05, 0.1) is 31.0 Å². The van der Waals surface area contributed by atoms with E-state index in [4.69, 9.17) is 27.8 Å². The fraction of sp³-hybridized carbons (Fsp3) is 0.882. The van der Waals surface area contributed by atoms with Crippen LogP contribution in [0.2, 0.25) is 0 Å². The Morgan fingerprint density at radius 1 is 0.931 bits per heavy atom. The lowest BCUT2D eigenvalue weighted by Crippen LogP contribution is -2.19. The summed E-state index contributed by atoms with van der Waals surface area (Å²) in [5.41, 5.74) is 0. The fourth-order valence-corrected chi connectivity index (χ4v) is 3.16. The van der Waals surface area contributed by atoms with Crippen LogP contribution in [0.4, 0.5) is 9.59 Å². The van der Waals surface area contributed by atoms with E-state index in [-0.39, 0.29) is 18.8 Å². The van der Waals surface area contributed by atoms with E-state index in [1.807, 2.05) is 13.8 Å². The molecule has 1 rings (SSSR count). The molecule has 0 spiro atoms. The summed E-state index contributed by atoms with van der Waals surface area (Å²) >= 11 is 0. The van der Waals surface area contributed by atoms with Crippen molar-refractivity contribution in [3.63, 3.8) is 0 Å². The number of carbonyl (C=O) groups is 2. The van der Waals surface area contributed by atoms with E-state index in [0.29, 0.717) is 12.3 Å². The maximum absolute atomic E-state index is 12.8. The van der Waals surface area contributed by atoms with Gasteiger partial charge < -0.3 is 23.7 Å². The summed E-state index contributed by atoms with van der Waals surface area (Å²) in [7, 11) is -4.24. The zero-order valence-electron chi connectivity index (χ0n) is 17.7. The summed E-state index contributed by atoms with van der Waals surface area (Å²) in [6.07, 6.45) is -2.38. The molecule has 0 N–H and O–H groups in total. The molecule has 0 unspecified atom stereocenters. The number of phosphoric acid groups is 1. The molecule has 0 saturated carbocycles. The van der Waals surface area contributed by atoms with E-state index in [1.165, 1.54) is 0 Å². The van der Waals surface area contributed by atoms with Crippen LogP contribution in [0.3, 0.4) is 0 Å². The first-order chi connectivity index (χ1) is 13.5. The number of carbonyl (C=O) groups excluding carboxylic acids is 2. The lowest BCUT2D eigenvalue weighted by Gasteiger charge is -2.20. The summed E-state index contributed by atoms with van der Waals surface area (Å²) < 4.78 is 52.4. The zero-order chi connectivity index (χ0) is 22.0. The minimum absolute atomic E-state index is 0.0353. The minimum atomic E-state index is -4.24. The van der Waals surface area contributed by atoms with Gasteiger partial charge in [0.25, 0.3) is 0 Å². The Bertz CT molecular complexity index is 524. The Morgan fingerprint density at radius 2 is 1.41 bits per heavy atom. The van der Waals surface area contributed by atoms with Crippen molar-refractivity contribution < 1.29 is 51.4 Å². The second-order valence-corrected chi connectivity index (χ2v) is 8.70. The molecule has 1 heterocycles. The first kappa shape index (κ1) is 25.6. The van der Waals surface area contributed by atoms with Gasteiger partial charge in [0.2, 0.25) is 13.6 Å². The van der Waals surface area contributed by atoms with Gasteiger partial charge >= 0.3 is 20.1 Å². The topological polar surface area (TPSA) is 125 Å². The lowest BCUT2D eigenvalue weighted by atomic mass is 10.0. The smallest absolute Gasteiger partial charge is 0.432 e. The minimum Gasteiger partial charge on any atom is -0.432 e. The molecule has 0 amide bonds. The first-order valence-electron chi connectivity index (χ1n) is 9.36. The van der Waals surface area contributed by atoms with E-state index < -0.39 is 45.9 Å². The van der Waals surface area contributed by atoms with Crippen molar-refractivity contribution in [3.8, 4) is 0 Å². The first-order valence-corrected chi connectivity index (χ1v) is 10.8. The number of rotatable bonds is 11. The molecule has 0 aliphatic carbocycles. The third kappa shape index (κ3) is 10.8. The number of hydrogen-bond donors (Lipinski definition) is 0. The van der Waals surface area contributed by atoms with Crippen LogP contribution in [-0.4, -0.2) is 56.9 Å². The fourth-order valence-electron chi connectivity index (χ4n) is 2.22. The Kier molecular flexibility index (Phi) is 10.9. The number of hydrogen-bond acceptors (Lipinski definition) is 11. The molecule has 1 fully saturated rings. The van der Waals surface area contributed by atoms with E-state index in [1.54, 1.807) is 27.7 Å². The average Bonchev–Trinajstić information content (AvgIpc) is 2.90. The highest BCUT2D eigenvalue weighted by Crippen LogP contribution is 2.50. The van der Waals surface area contributed by atoms with Gasteiger partial charge in [-0.05, 0) is 47.0 Å². The van der Waals surface area contributed by atoms with Gasteiger partial charge in [-0.25, -0.2) is 23.2 Å². The van der Waals surface area contributed by atoms with Gasteiger partial charge in [0, 0.05) is 0 Å². The Labute approximate surface area is 170 Å². The van der Waals surface area contributed by atoms with Crippen molar-refractivity contribution in [2.45, 2.75) is 72.4 Å². The van der Waals surface area contributed by atoms with Crippen LogP contribution in [0, 0.1) is 5.92 Å². The number of ether oxygens (including phenoxy) is 5. The van der Waals surface area contributed by atoms with Crippen LogP contribution in [0.1, 0.15) is 48.0 Å². The highest BCUT2D eigenvalue weighted by molar-refractivity contribution is 7.48. The van der Waals surface area contributed by atoms with Gasteiger partial charge in [-0.15, -0.1) is 0 Å². The van der Waals surface area contributed by atoms with Gasteiger partial charge in [-0.1, -0.05) is 6.92 Å². The molecule has 1 saturated heterocycles. The summed E-state index contributed by atoms with van der Waals surface area (Å²) in [4.78, 5) is 22.8. The summed E-state index contributed by atoms with van der Waals surface area (Å²) in [5, 5.41) is 0. The SMILES string of the molecule is CC(C)OC(=O)OCOP(=O)(OCOC(=O)OC(C)C)OC[C@@H]1C[C@H](C)[C@H](C)O1. The molecule has 0 bridgehead atoms. The van der Waals surface area contributed by atoms with Crippen molar-refractivity contribution >= 4 is 20.1 Å². The van der Waals surface area contributed by atoms with E-state index in [2.05, 4.69) is 9.47 Å². The second kappa shape index (κ2) is 12.3. The predicted octanol–water partition coefficient (Wildman–Crippen LogP) is 4.00. The monoisotopic (exact) mass is 442 g/mol. The molecule has 12 heteroatoms. The largest absolute Gasteiger partial charge is 0.510 e. The highest BCUT2D eigenvalue weighted by Gasteiger charge is 2.34. The van der Waals surface area contributed by atoms with Gasteiger partial charge in [0.15, 0.2) is 0 Å². The van der Waals surface area contributed by atoms with Crippen molar-refractivity contribution in [1.29, 1.82) is 0 Å². The van der Waals surface area contributed by atoms with Crippen LogP contribution >= 0.6 is 7.82 Å². The van der Waals surface area contributed by atoms with E-state index in [0.717, 1.165) is 0 Å². The summed E-state index contributed by atoms with van der Waals surface area (Å²) in [6, 6.07) is 0. The van der Waals surface area contributed by atoms with E-state index >= 15 is 0 Å². The van der Waals surface area contributed by atoms with Crippen LogP contribution in [0.25, 0.3) is 0 Å². The number of phosphoric ester groups is 1. The molecular weight excluding hydrogens is 411 g/mol. The zero-order valence-corrected chi connectivity index (χ0v) is 18.5. The van der Waals surface area contributed by atoms with Crippen molar-refractivity contribution in [2.75, 3.05) is 20.2 Å². The second-order valence-electron chi connectivity index (χ2n) is 7.03. The quantitative estimate of drug-likeness (QED) is 0.262. The van der Waals surface area contributed by atoms with Gasteiger partial charge in [0.1, 0.15) is 0 Å². The Hall–Kier alpha value is -1.39. The Balaban J connectivity index is 2.54. The molecule has 0 radical (unpaired) electrons. The predicted molar refractivity (Wildman–Crippen MR) is 99.0 cm³/mol. The maximum Gasteiger partial charge on any atom is 0.510 e. The molecule has 1 aliphatic rings. The third-order valence-electron chi connectivity index (χ3n) is 3.70. The normalized spacial score (nSPS) is 22.0. The highest BCUT2D eigenvalue weighted by atomic mass is 31.2. The van der Waals surface area contributed by atoms with Crippen LogP contribution in [0.15, 0.2) is 0 Å². The molecule has 0 aromatic heterocycles. The van der Waals surface area contributed by atoms with E-state index in [9.17, 15) is 14.2 Å². The third-order valence-corrected chi connectivity index (χ3v) is 5.01. The molecular formula is C17H31O11P. The van der Waals surface area contributed by atoms with Crippen LogP contribution in [-0.2, 0) is 41.8 Å². The van der Waals surface area contributed by atoms with Crippen LogP contribution < -0.4 is 0 Å². The molecule has 1 aliphatic heterocycles. The summed E-state index contributed by atoms with van der Waals surface area (Å²) in [5.74, 6) is 0.313. The van der Waals surface area contributed by atoms with Crippen molar-refractivity contribution in [1.82, 2.24) is 0 Å². The maximum atomic E-state index is 12.8. The average molecular weight is 442 g/mol. The standard InChI is InChI=1S/C17H31O11P/c1-11(2)26-16(18)21-9-24-29(20,25-10-22-17(19)27-12(3)4)23-8-15-7-13(5)14(6)28-15/h11-15H,7-10H2,1-6H3/t13-,14-,15-/m0/s1. The van der Waals surface area contributed by atoms with Gasteiger partial charge in [-0.3, -0.25) is 4.52 Å². The molecule has 0 aromatic carbocycles. The Morgan fingerprint density at radius 3 is 1.79 bits per heavy atom. The molecule has 3 atom stereocenters. The molecule has 170 valence electrons. The van der Waals surface area contributed by atoms with Crippen LogP contribution in [0.5, 0.6) is 0 Å². The van der Waals surface area contributed by atoms with Gasteiger partial charge in [-0.2, -0.15) is 0 Å². The molecule has 0 aromatic rings. The van der Waals surface area contributed by atoms with Crippen molar-refractivity contribution in [2.24, 2.45) is 5.92 Å².